The van der Waals surface area contributed by atoms with Gasteiger partial charge in [0.25, 0.3) is 0 Å². The average Bonchev–Trinajstić information content (AvgIpc) is 2.04. The summed E-state index contributed by atoms with van der Waals surface area (Å²) in [6, 6.07) is 8.70. The highest BCUT2D eigenvalue weighted by Crippen LogP contribution is 2.25. The fraction of sp³-hybridized carbons (Fsp3) is 0.455. The number of thioether (sulfide) groups is 1. The maximum atomic E-state index is 2.27. The van der Waals surface area contributed by atoms with Crippen LogP contribution in [0.15, 0.2) is 29.2 Å². The van der Waals surface area contributed by atoms with Gasteiger partial charge in [-0.2, -0.15) is 0 Å². The van der Waals surface area contributed by atoms with Crippen molar-refractivity contribution in [2.45, 2.75) is 37.3 Å². The molecular weight excluding hydrogens is 164 g/mol. The van der Waals surface area contributed by atoms with Gasteiger partial charge in [0.2, 0.25) is 0 Å². The molecule has 0 N–H and O–H groups in total. The van der Waals surface area contributed by atoms with E-state index in [1.54, 1.807) is 0 Å². The first-order valence-corrected chi connectivity index (χ1v) is 5.33. The van der Waals surface area contributed by atoms with Crippen LogP contribution in [0.25, 0.3) is 0 Å². The zero-order chi connectivity index (χ0) is 8.97. The summed E-state index contributed by atoms with van der Waals surface area (Å²) < 4.78 is 0. The lowest BCUT2D eigenvalue weighted by atomic mass is 10.2. The lowest BCUT2D eigenvalue weighted by molar-refractivity contribution is 0.905. The van der Waals surface area contributed by atoms with E-state index in [0.29, 0.717) is 0 Å². The van der Waals surface area contributed by atoms with Gasteiger partial charge in [0, 0.05) is 10.1 Å². The number of hydrogen-bond donors (Lipinski definition) is 0. The molecule has 1 heteroatoms. The minimum Gasteiger partial charge on any atom is -0.123 e. The van der Waals surface area contributed by atoms with Crippen molar-refractivity contribution in [3.63, 3.8) is 0 Å². The Bertz CT molecular complexity index is 243. The van der Waals surface area contributed by atoms with E-state index in [-0.39, 0.29) is 0 Å². The van der Waals surface area contributed by atoms with Crippen LogP contribution in [0, 0.1) is 6.92 Å². The summed E-state index contributed by atoms with van der Waals surface area (Å²) >= 11 is 1.96. The van der Waals surface area contributed by atoms with Crippen LogP contribution in [0.3, 0.4) is 0 Å². The van der Waals surface area contributed by atoms with Crippen molar-refractivity contribution in [1.82, 2.24) is 0 Å². The van der Waals surface area contributed by atoms with E-state index in [9.17, 15) is 0 Å². The van der Waals surface area contributed by atoms with Gasteiger partial charge in [0.1, 0.15) is 0 Å². The fourth-order valence-electron chi connectivity index (χ4n) is 1.00. The smallest absolute Gasteiger partial charge is 0.00773 e. The van der Waals surface area contributed by atoms with Crippen LogP contribution >= 0.6 is 11.8 Å². The molecule has 0 nitrogen and oxygen atoms in total. The first kappa shape index (κ1) is 9.66. The molecule has 0 heterocycles. The van der Waals surface area contributed by atoms with Crippen LogP contribution in [0.2, 0.25) is 0 Å². The van der Waals surface area contributed by atoms with E-state index >= 15 is 0 Å². The molecule has 0 aliphatic rings. The van der Waals surface area contributed by atoms with Gasteiger partial charge in [0.05, 0.1) is 0 Å². The van der Waals surface area contributed by atoms with E-state index in [4.69, 9.17) is 0 Å². The summed E-state index contributed by atoms with van der Waals surface area (Å²) in [5.41, 5.74) is 1.35. The van der Waals surface area contributed by atoms with Crippen molar-refractivity contribution >= 4 is 11.8 Å². The number of aryl methyl sites for hydroxylation is 1. The molecule has 0 radical (unpaired) electrons. The fourth-order valence-corrected chi connectivity index (χ4v) is 2.05. The highest BCUT2D eigenvalue weighted by molar-refractivity contribution is 7.99. The zero-order valence-electron chi connectivity index (χ0n) is 8.00. The molecule has 0 bridgehead atoms. The molecule has 1 unspecified atom stereocenters. The van der Waals surface area contributed by atoms with Crippen molar-refractivity contribution in [2.24, 2.45) is 0 Å². The molecule has 1 aromatic carbocycles. The second-order valence-corrected chi connectivity index (χ2v) is 4.67. The van der Waals surface area contributed by atoms with Crippen LogP contribution in [0.1, 0.15) is 25.8 Å². The molecule has 1 atom stereocenters. The predicted octanol–water partition coefficient (Wildman–Crippen LogP) is 3.89. The van der Waals surface area contributed by atoms with Crippen molar-refractivity contribution in [3.8, 4) is 0 Å². The van der Waals surface area contributed by atoms with Gasteiger partial charge in [-0.15, -0.1) is 11.8 Å². The molecular formula is C11H16S. The summed E-state index contributed by atoms with van der Waals surface area (Å²) in [7, 11) is 0. The highest BCUT2D eigenvalue weighted by Gasteiger charge is 2.00. The summed E-state index contributed by atoms with van der Waals surface area (Å²) in [6.45, 7) is 6.64. The normalized spacial score (nSPS) is 12.9. The third-order valence-corrected chi connectivity index (χ3v) is 3.16. The second kappa shape index (κ2) is 4.56. The summed E-state index contributed by atoms with van der Waals surface area (Å²) in [5, 5.41) is 0.729. The van der Waals surface area contributed by atoms with Gasteiger partial charge in [-0.05, 0) is 25.5 Å². The summed E-state index contributed by atoms with van der Waals surface area (Å²) in [5.74, 6) is 0. The van der Waals surface area contributed by atoms with E-state index in [1.807, 2.05) is 11.8 Å². The molecule has 0 saturated carbocycles. The molecule has 0 saturated heterocycles. The molecule has 0 amide bonds. The Morgan fingerprint density at radius 2 is 2.17 bits per heavy atom. The van der Waals surface area contributed by atoms with Crippen LogP contribution < -0.4 is 0 Å². The van der Waals surface area contributed by atoms with Gasteiger partial charge in [-0.1, -0.05) is 31.5 Å². The third kappa shape index (κ3) is 2.90. The molecule has 0 aliphatic heterocycles. The Kier molecular flexibility index (Phi) is 3.67. The van der Waals surface area contributed by atoms with Crippen molar-refractivity contribution < 1.29 is 0 Å². The number of hydrogen-bond acceptors (Lipinski definition) is 1. The van der Waals surface area contributed by atoms with E-state index in [2.05, 4.69) is 45.0 Å². The minimum absolute atomic E-state index is 0.729. The van der Waals surface area contributed by atoms with Crippen LogP contribution in [0.4, 0.5) is 0 Å². The maximum Gasteiger partial charge on any atom is 0.00773 e. The second-order valence-electron chi connectivity index (χ2n) is 3.15. The predicted molar refractivity (Wildman–Crippen MR) is 56.8 cm³/mol. The lowest BCUT2D eigenvalue weighted by Gasteiger charge is -2.07. The zero-order valence-corrected chi connectivity index (χ0v) is 8.82. The summed E-state index contributed by atoms with van der Waals surface area (Å²) in [6.07, 6.45) is 1.23. The maximum absolute atomic E-state index is 2.27. The van der Waals surface area contributed by atoms with Crippen LogP contribution in [-0.4, -0.2) is 5.25 Å². The monoisotopic (exact) mass is 180 g/mol. The Balaban J connectivity index is 2.63. The van der Waals surface area contributed by atoms with Crippen molar-refractivity contribution in [2.75, 3.05) is 0 Å². The van der Waals surface area contributed by atoms with Crippen LogP contribution in [0.5, 0.6) is 0 Å². The molecule has 0 aromatic heterocycles. The third-order valence-electron chi connectivity index (χ3n) is 1.90. The van der Waals surface area contributed by atoms with Crippen LogP contribution in [-0.2, 0) is 0 Å². The lowest BCUT2D eigenvalue weighted by Crippen LogP contribution is -1.91. The quantitative estimate of drug-likeness (QED) is 0.636. The Hall–Kier alpha value is -0.430. The van der Waals surface area contributed by atoms with E-state index in [0.717, 1.165) is 5.25 Å². The van der Waals surface area contributed by atoms with Gasteiger partial charge in [0.15, 0.2) is 0 Å². The first-order chi connectivity index (χ1) is 5.72. The van der Waals surface area contributed by atoms with Gasteiger partial charge in [-0.3, -0.25) is 0 Å². The standard InChI is InChI=1S/C11H16S/c1-4-10(3)12-11-7-5-6-9(2)8-11/h5-8,10H,4H2,1-3H3. The Morgan fingerprint density at radius 1 is 1.42 bits per heavy atom. The molecule has 12 heavy (non-hydrogen) atoms. The summed E-state index contributed by atoms with van der Waals surface area (Å²) in [4.78, 5) is 1.39. The molecule has 0 spiro atoms. The molecule has 0 aliphatic carbocycles. The van der Waals surface area contributed by atoms with Gasteiger partial charge >= 0.3 is 0 Å². The van der Waals surface area contributed by atoms with Gasteiger partial charge in [-0.25, -0.2) is 0 Å². The minimum atomic E-state index is 0.729. The van der Waals surface area contributed by atoms with E-state index < -0.39 is 0 Å². The molecule has 1 rings (SSSR count). The Labute approximate surface area is 79.4 Å². The van der Waals surface area contributed by atoms with E-state index in [1.165, 1.54) is 16.9 Å². The molecule has 0 fully saturated rings. The topological polar surface area (TPSA) is 0 Å². The number of benzene rings is 1. The average molecular weight is 180 g/mol. The molecule has 66 valence electrons. The van der Waals surface area contributed by atoms with Gasteiger partial charge < -0.3 is 0 Å². The first-order valence-electron chi connectivity index (χ1n) is 4.45. The SMILES string of the molecule is CCC(C)Sc1cccc(C)c1. The Morgan fingerprint density at radius 3 is 2.75 bits per heavy atom. The van der Waals surface area contributed by atoms with Crippen molar-refractivity contribution in [3.05, 3.63) is 29.8 Å². The largest absolute Gasteiger partial charge is 0.123 e. The van der Waals surface area contributed by atoms with Crippen molar-refractivity contribution in [1.29, 1.82) is 0 Å². The molecule has 1 aromatic rings. The highest BCUT2D eigenvalue weighted by atomic mass is 32.2. The number of rotatable bonds is 3.